The predicted octanol–water partition coefficient (Wildman–Crippen LogP) is 2.99. The maximum absolute atomic E-state index is 5.88. The van der Waals surface area contributed by atoms with Crippen molar-refractivity contribution in [3.05, 3.63) is 46.6 Å². The van der Waals surface area contributed by atoms with Crippen molar-refractivity contribution in [1.29, 1.82) is 0 Å². The van der Waals surface area contributed by atoms with Crippen molar-refractivity contribution in [2.75, 3.05) is 19.6 Å². The molecule has 2 aromatic rings. The van der Waals surface area contributed by atoms with E-state index in [4.69, 9.17) is 16.1 Å². The Hall–Kier alpha value is -1.35. The molecule has 6 nitrogen and oxygen atoms in total. The fourth-order valence-corrected chi connectivity index (χ4v) is 2.15. The summed E-state index contributed by atoms with van der Waals surface area (Å²) in [5.74, 6) is 2.05. The lowest BCUT2D eigenvalue weighted by Crippen LogP contribution is -2.38. The molecule has 0 bridgehead atoms. The maximum Gasteiger partial charge on any atom is 0.228 e. The van der Waals surface area contributed by atoms with E-state index in [0.29, 0.717) is 24.7 Å². The van der Waals surface area contributed by atoms with Gasteiger partial charge >= 0.3 is 0 Å². The molecule has 0 aliphatic heterocycles. The van der Waals surface area contributed by atoms with Crippen molar-refractivity contribution in [3.63, 3.8) is 0 Å². The molecule has 0 saturated heterocycles. The number of aliphatic imine (C=N–C) groups is 1. The molecule has 1 aromatic carbocycles. The van der Waals surface area contributed by atoms with Gasteiger partial charge in [0, 0.05) is 24.5 Å². The lowest BCUT2D eigenvalue weighted by molar-refractivity contribution is 0.376. The Bertz CT molecular complexity index is 630. The van der Waals surface area contributed by atoms with Gasteiger partial charge in [-0.15, -0.1) is 24.0 Å². The summed E-state index contributed by atoms with van der Waals surface area (Å²) in [5.41, 5.74) is 1.24. The third-order valence-electron chi connectivity index (χ3n) is 3.13. The number of benzene rings is 1. The molecule has 1 heterocycles. The number of hydrogen-bond acceptors (Lipinski definition) is 4. The van der Waals surface area contributed by atoms with Gasteiger partial charge < -0.3 is 15.2 Å². The summed E-state index contributed by atoms with van der Waals surface area (Å²) in [6, 6.07) is 7.88. The van der Waals surface area contributed by atoms with Crippen molar-refractivity contribution >= 4 is 41.5 Å². The van der Waals surface area contributed by atoms with Crippen LogP contribution in [0.15, 0.2) is 33.8 Å². The summed E-state index contributed by atoms with van der Waals surface area (Å²) in [4.78, 5) is 8.67. The molecule has 0 amide bonds. The van der Waals surface area contributed by atoms with Gasteiger partial charge in [0.2, 0.25) is 5.89 Å². The molecule has 0 aliphatic carbocycles. The van der Waals surface area contributed by atoms with E-state index < -0.39 is 0 Å². The van der Waals surface area contributed by atoms with Crippen LogP contribution in [0.25, 0.3) is 0 Å². The van der Waals surface area contributed by atoms with E-state index in [1.54, 1.807) is 6.92 Å². The highest BCUT2D eigenvalue weighted by Crippen LogP contribution is 2.09. The zero-order valence-corrected chi connectivity index (χ0v) is 17.0. The minimum atomic E-state index is 0. The molecule has 0 fully saturated rings. The van der Waals surface area contributed by atoms with E-state index in [9.17, 15) is 0 Å². The SMILES string of the molecule is CCNC(=NCCc1nc(C)no1)NCCc1ccc(Cl)cc1.I. The highest BCUT2D eigenvalue weighted by molar-refractivity contribution is 14.0. The Labute approximate surface area is 164 Å². The summed E-state index contributed by atoms with van der Waals surface area (Å²) >= 11 is 5.88. The number of halogens is 2. The monoisotopic (exact) mass is 463 g/mol. The first-order valence-electron chi connectivity index (χ1n) is 7.73. The summed E-state index contributed by atoms with van der Waals surface area (Å²) in [6.07, 6.45) is 1.54. The molecular formula is C16H23ClIN5O. The molecule has 0 radical (unpaired) electrons. The molecule has 2 rings (SSSR count). The zero-order valence-electron chi connectivity index (χ0n) is 13.9. The molecule has 0 unspecified atom stereocenters. The van der Waals surface area contributed by atoms with Crippen LogP contribution in [-0.4, -0.2) is 35.7 Å². The standard InChI is InChI=1S/C16H22ClN5O.HI/c1-3-18-16(20-11-9-15-21-12(2)22-23-15)19-10-8-13-4-6-14(17)7-5-13;/h4-7H,3,8-11H2,1-2H3,(H2,18,19,20);1H. The normalized spacial score (nSPS) is 11.0. The second-order valence-corrected chi connectivity index (χ2v) is 5.49. The Morgan fingerprint density at radius 1 is 1.21 bits per heavy atom. The van der Waals surface area contributed by atoms with Gasteiger partial charge in [-0.25, -0.2) is 0 Å². The minimum absolute atomic E-state index is 0. The van der Waals surface area contributed by atoms with Crippen molar-refractivity contribution in [2.45, 2.75) is 26.7 Å². The Morgan fingerprint density at radius 2 is 1.96 bits per heavy atom. The number of nitrogens with zero attached hydrogens (tertiary/aromatic N) is 3. The van der Waals surface area contributed by atoms with Gasteiger partial charge in [0.05, 0.1) is 6.54 Å². The molecule has 0 saturated carbocycles. The smallest absolute Gasteiger partial charge is 0.228 e. The van der Waals surface area contributed by atoms with E-state index in [0.717, 1.165) is 30.5 Å². The third kappa shape index (κ3) is 7.48. The van der Waals surface area contributed by atoms with Crippen molar-refractivity contribution in [1.82, 2.24) is 20.8 Å². The van der Waals surface area contributed by atoms with Crippen LogP contribution in [0, 0.1) is 6.92 Å². The highest BCUT2D eigenvalue weighted by atomic mass is 127. The second-order valence-electron chi connectivity index (χ2n) is 5.05. The lowest BCUT2D eigenvalue weighted by atomic mass is 10.1. The summed E-state index contributed by atoms with van der Waals surface area (Å²) in [7, 11) is 0. The van der Waals surface area contributed by atoms with Gasteiger partial charge in [-0.1, -0.05) is 28.9 Å². The van der Waals surface area contributed by atoms with Crippen molar-refractivity contribution < 1.29 is 4.52 Å². The van der Waals surface area contributed by atoms with Crippen LogP contribution >= 0.6 is 35.6 Å². The Balaban J connectivity index is 0.00000288. The van der Waals surface area contributed by atoms with Gasteiger partial charge in [0.15, 0.2) is 11.8 Å². The van der Waals surface area contributed by atoms with Crippen LogP contribution in [0.5, 0.6) is 0 Å². The quantitative estimate of drug-likeness (QED) is 0.375. The van der Waals surface area contributed by atoms with E-state index in [2.05, 4.69) is 25.8 Å². The first-order valence-corrected chi connectivity index (χ1v) is 8.11. The van der Waals surface area contributed by atoms with Gasteiger partial charge in [0.1, 0.15) is 0 Å². The summed E-state index contributed by atoms with van der Waals surface area (Å²) in [5, 5.41) is 11.1. The molecule has 1 aromatic heterocycles. The van der Waals surface area contributed by atoms with Crippen molar-refractivity contribution in [3.8, 4) is 0 Å². The molecule has 2 N–H and O–H groups in total. The lowest BCUT2D eigenvalue weighted by Gasteiger charge is -2.11. The topological polar surface area (TPSA) is 75.3 Å². The van der Waals surface area contributed by atoms with E-state index in [1.807, 2.05) is 31.2 Å². The molecule has 8 heteroatoms. The number of rotatable bonds is 7. The number of nitrogens with one attached hydrogen (secondary N) is 2. The number of hydrogen-bond donors (Lipinski definition) is 2. The average molecular weight is 464 g/mol. The Kier molecular flexibility index (Phi) is 9.70. The Morgan fingerprint density at radius 3 is 2.58 bits per heavy atom. The molecule has 24 heavy (non-hydrogen) atoms. The zero-order chi connectivity index (χ0) is 16.5. The van der Waals surface area contributed by atoms with Gasteiger partial charge in [-0.2, -0.15) is 4.98 Å². The molecule has 0 spiro atoms. The van der Waals surface area contributed by atoms with Crippen molar-refractivity contribution in [2.24, 2.45) is 4.99 Å². The van der Waals surface area contributed by atoms with Gasteiger partial charge in [-0.05, 0) is 38.0 Å². The third-order valence-corrected chi connectivity index (χ3v) is 3.38. The van der Waals surface area contributed by atoms with Crippen LogP contribution < -0.4 is 10.6 Å². The number of aryl methyl sites for hydroxylation is 1. The van der Waals surface area contributed by atoms with E-state index in [1.165, 1.54) is 5.56 Å². The van der Waals surface area contributed by atoms with Crippen LogP contribution in [0.4, 0.5) is 0 Å². The molecular weight excluding hydrogens is 441 g/mol. The fraction of sp³-hybridized carbons (Fsp3) is 0.438. The van der Waals surface area contributed by atoms with Crippen LogP contribution in [0.1, 0.15) is 24.2 Å². The largest absolute Gasteiger partial charge is 0.357 e. The molecule has 0 aliphatic rings. The van der Waals surface area contributed by atoms with Crippen LogP contribution in [0.2, 0.25) is 5.02 Å². The average Bonchev–Trinajstić information content (AvgIpc) is 2.95. The van der Waals surface area contributed by atoms with Gasteiger partial charge in [-0.3, -0.25) is 4.99 Å². The van der Waals surface area contributed by atoms with E-state index >= 15 is 0 Å². The van der Waals surface area contributed by atoms with E-state index in [-0.39, 0.29) is 24.0 Å². The maximum atomic E-state index is 5.88. The first kappa shape index (κ1) is 20.7. The minimum Gasteiger partial charge on any atom is -0.357 e. The summed E-state index contributed by atoms with van der Waals surface area (Å²) in [6.45, 7) is 6.05. The second kappa shape index (κ2) is 11.2. The number of guanidine groups is 1. The predicted molar refractivity (Wildman–Crippen MR) is 107 cm³/mol. The van der Waals surface area contributed by atoms with Crippen LogP contribution in [-0.2, 0) is 12.8 Å². The molecule has 0 atom stereocenters. The first-order chi connectivity index (χ1) is 11.2. The fourth-order valence-electron chi connectivity index (χ4n) is 2.02. The summed E-state index contributed by atoms with van der Waals surface area (Å²) < 4.78 is 5.07. The highest BCUT2D eigenvalue weighted by Gasteiger charge is 2.02. The number of aromatic nitrogens is 2. The van der Waals surface area contributed by atoms with Crippen LogP contribution in [0.3, 0.4) is 0 Å². The van der Waals surface area contributed by atoms with Gasteiger partial charge in [0.25, 0.3) is 0 Å². The molecule has 132 valence electrons.